The number of hydrogen-bond donors (Lipinski definition) is 1. The minimum atomic E-state index is -3.52. The first-order chi connectivity index (χ1) is 10.3. The van der Waals surface area contributed by atoms with Crippen molar-refractivity contribution in [3.8, 4) is 5.75 Å². The van der Waals surface area contributed by atoms with E-state index in [0.29, 0.717) is 18.0 Å². The van der Waals surface area contributed by atoms with E-state index in [-0.39, 0.29) is 5.75 Å². The molecule has 1 heterocycles. The van der Waals surface area contributed by atoms with Crippen LogP contribution < -0.4 is 0 Å². The molecule has 0 saturated carbocycles. The van der Waals surface area contributed by atoms with Crippen molar-refractivity contribution in [1.82, 2.24) is 4.31 Å². The van der Waals surface area contributed by atoms with Gasteiger partial charge in [0.25, 0.3) is 0 Å². The number of sulfonamides is 1. The van der Waals surface area contributed by atoms with Crippen molar-refractivity contribution >= 4 is 10.0 Å². The summed E-state index contributed by atoms with van der Waals surface area (Å²) in [6.45, 7) is 6.33. The summed E-state index contributed by atoms with van der Waals surface area (Å²) in [7, 11) is -3.52. The Morgan fingerprint density at radius 1 is 1.00 bits per heavy atom. The SMILES string of the molecule is Cc1ccc(S(=O)(=O)N2Cc3c(C)cc(O)c(C)c3C2)cc1. The largest absolute Gasteiger partial charge is 0.508 e. The number of rotatable bonds is 2. The zero-order valence-corrected chi connectivity index (χ0v) is 13.7. The van der Waals surface area contributed by atoms with Gasteiger partial charge in [0.15, 0.2) is 0 Å². The molecule has 0 radical (unpaired) electrons. The molecule has 0 atom stereocenters. The molecule has 0 fully saturated rings. The molecule has 1 aliphatic heterocycles. The Morgan fingerprint density at radius 3 is 2.23 bits per heavy atom. The van der Waals surface area contributed by atoms with Gasteiger partial charge in [-0.3, -0.25) is 0 Å². The van der Waals surface area contributed by atoms with Crippen molar-refractivity contribution in [1.29, 1.82) is 0 Å². The molecule has 0 saturated heterocycles. The maximum Gasteiger partial charge on any atom is 0.243 e. The van der Waals surface area contributed by atoms with E-state index in [1.165, 1.54) is 4.31 Å². The molecule has 0 amide bonds. The van der Waals surface area contributed by atoms with E-state index in [1.807, 2.05) is 20.8 Å². The smallest absolute Gasteiger partial charge is 0.243 e. The van der Waals surface area contributed by atoms with Crippen LogP contribution in [-0.2, 0) is 23.1 Å². The number of fused-ring (bicyclic) bond motifs is 1. The van der Waals surface area contributed by atoms with Gasteiger partial charge in [-0.15, -0.1) is 0 Å². The van der Waals surface area contributed by atoms with E-state index < -0.39 is 10.0 Å². The molecule has 0 bridgehead atoms. The van der Waals surface area contributed by atoms with Gasteiger partial charge in [0.1, 0.15) is 5.75 Å². The van der Waals surface area contributed by atoms with Gasteiger partial charge in [0.2, 0.25) is 10.0 Å². The first kappa shape index (κ1) is 15.1. The molecule has 0 aromatic heterocycles. The second-order valence-corrected chi connectivity index (χ2v) is 7.82. The lowest BCUT2D eigenvalue weighted by molar-refractivity contribution is 0.430. The van der Waals surface area contributed by atoms with E-state index in [1.54, 1.807) is 30.3 Å². The molecule has 116 valence electrons. The molecule has 0 spiro atoms. The molecular formula is C17H19NO3S. The second-order valence-electron chi connectivity index (χ2n) is 5.88. The summed E-state index contributed by atoms with van der Waals surface area (Å²) in [6, 6.07) is 8.60. The van der Waals surface area contributed by atoms with Crippen molar-refractivity contribution in [2.75, 3.05) is 0 Å². The third-order valence-corrected chi connectivity index (χ3v) is 6.16. The summed E-state index contributed by atoms with van der Waals surface area (Å²) in [5.74, 6) is 0.228. The molecule has 1 aliphatic rings. The molecule has 2 aromatic rings. The minimum Gasteiger partial charge on any atom is -0.508 e. The lowest BCUT2D eigenvalue weighted by atomic mass is 9.99. The average Bonchev–Trinajstić information content (AvgIpc) is 2.92. The van der Waals surface area contributed by atoms with Crippen LogP contribution in [-0.4, -0.2) is 17.8 Å². The summed E-state index contributed by atoms with van der Waals surface area (Å²) in [5, 5.41) is 9.93. The number of benzene rings is 2. The van der Waals surface area contributed by atoms with Crippen LogP contribution in [0.2, 0.25) is 0 Å². The highest BCUT2D eigenvalue weighted by atomic mass is 32.2. The van der Waals surface area contributed by atoms with Crippen molar-refractivity contribution in [2.24, 2.45) is 0 Å². The molecule has 2 aromatic carbocycles. The highest BCUT2D eigenvalue weighted by molar-refractivity contribution is 7.89. The van der Waals surface area contributed by atoms with E-state index in [9.17, 15) is 13.5 Å². The monoisotopic (exact) mass is 317 g/mol. The van der Waals surface area contributed by atoms with E-state index in [2.05, 4.69) is 0 Å². The van der Waals surface area contributed by atoms with E-state index in [4.69, 9.17) is 0 Å². The van der Waals surface area contributed by atoms with Gasteiger partial charge in [-0.05, 0) is 61.2 Å². The Balaban J connectivity index is 2.01. The van der Waals surface area contributed by atoms with Gasteiger partial charge in [-0.2, -0.15) is 4.31 Å². The predicted molar refractivity (Wildman–Crippen MR) is 85.2 cm³/mol. The topological polar surface area (TPSA) is 57.6 Å². The Kier molecular flexibility index (Phi) is 3.50. The van der Waals surface area contributed by atoms with Crippen LogP contribution in [0, 0.1) is 20.8 Å². The van der Waals surface area contributed by atoms with Crippen LogP contribution in [0.25, 0.3) is 0 Å². The number of aromatic hydroxyl groups is 1. The van der Waals surface area contributed by atoms with Gasteiger partial charge in [0.05, 0.1) is 4.90 Å². The second kappa shape index (κ2) is 5.11. The Morgan fingerprint density at radius 2 is 1.59 bits per heavy atom. The summed E-state index contributed by atoms with van der Waals surface area (Å²) < 4.78 is 27.0. The fraction of sp³-hybridized carbons (Fsp3) is 0.294. The lowest BCUT2D eigenvalue weighted by Crippen LogP contribution is -2.25. The quantitative estimate of drug-likeness (QED) is 0.926. The van der Waals surface area contributed by atoms with Gasteiger partial charge in [-0.1, -0.05) is 17.7 Å². The maximum absolute atomic E-state index is 12.8. The summed E-state index contributed by atoms with van der Waals surface area (Å²) >= 11 is 0. The lowest BCUT2D eigenvalue weighted by Gasteiger charge is -2.16. The summed E-state index contributed by atoms with van der Waals surface area (Å²) in [6.07, 6.45) is 0. The summed E-state index contributed by atoms with van der Waals surface area (Å²) in [4.78, 5) is 0.311. The van der Waals surface area contributed by atoms with Gasteiger partial charge < -0.3 is 5.11 Å². The molecule has 5 heteroatoms. The van der Waals surface area contributed by atoms with Crippen LogP contribution in [0.3, 0.4) is 0 Å². The van der Waals surface area contributed by atoms with Crippen LogP contribution in [0.5, 0.6) is 5.75 Å². The average molecular weight is 317 g/mol. The molecular weight excluding hydrogens is 298 g/mol. The third-order valence-electron chi connectivity index (χ3n) is 4.36. The number of aryl methyl sites for hydroxylation is 2. The van der Waals surface area contributed by atoms with Crippen molar-refractivity contribution < 1.29 is 13.5 Å². The molecule has 4 nitrogen and oxygen atoms in total. The number of nitrogens with zero attached hydrogens (tertiary/aromatic N) is 1. The summed E-state index contributed by atoms with van der Waals surface area (Å²) in [5.41, 5.74) is 4.65. The van der Waals surface area contributed by atoms with Gasteiger partial charge in [-0.25, -0.2) is 8.42 Å². The van der Waals surface area contributed by atoms with Crippen LogP contribution in [0.4, 0.5) is 0 Å². The standard InChI is InChI=1S/C17H19NO3S/c1-11-4-6-14(7-5-11)22(20,21)18-9-15-12(2)8-17(19)13(3)16(15)10-18/h4-8,19H,9-10H2,1-3H3. The van der Waals surface area contributed by atoms with Crippen molar-refractivity contribution in [3.05, 3.63) is 58.1 Å². The normalized spacial score (nSPS) is 15.0. The fourth-order valence-corrected chi connectivity index (χ4v) is 4.27. The van der Waals surface area contributed by atoms with Gasteiger partial charge in [0, 0.05) is 13.1 Å². The number of hydrogen-bond acceptors (Lipinski definition) is 3. The maximum atomic E-state index is 12.8. The van der Waals surface area contributed by atoms with Gasteiger partial charge >= 0.3 is 0 Å². The molecule has 1 N–H and O–H groups in total. The highest BCUT2D eigenvalue weighted by Crippen LogP contribution is 2.36. The van der Waals surface area contributed by atoms with Crippen LogP contribution in [0.1, 0.15) is 27.8 Å². The number of phenolic OH excluding ortho intramolecular Hbond substituents is 1. The zero-order valence-electron chi connectivity index (χ0n) is 12.9. The molecule has 22 heavy (non-hydrogen) atoms. The Labute approximate surface area is 131 Å². The van der Waals surface area contributed by atoms with Crippen molar-refractivity contribution in [3.63, 3.8) is 0 Å². The Bertz CT molecular complexity index is 839. The highest BCUT2D eigenvalue weighted by Gasteiger charge is 2.32. The zero-order chi connectivity index (χ0) is 16.1. The van der Waals surface area contributed by atoms with Crippen LogP contribution in [0.15, 0.2) is 35.2 Å². The predicted octanol–water partition coefficient (Wildman–Crippen LogP) is 3.02. The van der Waals surface area contributed by atoms with E-state index >= 15 is 0 Å². The molecule has 3 rings (SSSR count). The number of phenols is 1. The van der Waals surface area contributed by atoms with Crippen LogP contribution >= 0.6 is 0 Å². The molecule has 0 aliphatic carbocycles. The first-order valence-electron chi connectivity index (χ1n) is 7.18. The minimum absolute atomic E-state index is 0.228. The van der Waals surface area contributed by atoms with Crippen molar-refractivity contribution in [2.45, 2.75) is 38.8 Å². The van der Waals surface area contributed by atoms with E-state index in [0.717, 1.165) is 27.8 Å². The Hall–Kier alpha value is -1.85. The first-order valence-corrected chi connectivity index (χ1v) is 8.62. The molecule has 0 unspecified atom stereocenters. The fourth-order valence-electron chi connectivity index (χ4n) is 2.89. The third kappa shape index (κ3) is 2.30.